The monoisotopic (exact) mass is 354 g/mol. The molecule has 0 atom stereocenters. The summed E-state index contributed by atoms with van der Waals surface area (Å²) >= 11 is 0. The zero-order valence-corrected chi connectivity index (χ0v) is 15.2. The Hall–Kier alpha value is -2.56. The van der Waals surface area contributed by atoms with Crippen LogP contribution in [-0.4, -0.2) is 11.8 Å². The number of carbonyl (C=O) groups is 2. The van der Waals surface area contributed by atoms with Crippen LogP contribution in [0.4, 0.5) is 0 Å². The highest BCUT2D eigenvalue weighted by Gasteiger charge is 2.29. The molecule has 1 heterocycles. The molecule has 0 spiro atoms. The number of hydrogen-bond donors (Lipinski definition) is 2. The minimum Gasteiger partial charge on any atom is -0.467 e. The van der Waals surface area contributed by atoms with Crippen LogP contribution < -0.4 is 10.6 Å². The molecule has 2 N–H and O–H groups in total. The highest BCUT2D eigenvalue weighted by molar-refractivity contribution is 5.81. The first-order chi connectivity index (χ1) is 12.6. The molecule has 1 aromatic carbocycles. The van der Waals surface area contributed by atoms with Gasteiger partial charge in [0.2, 0.25) is 11.8 Å². The molecule has 2 aromatic rings. The number of aryl methyl sites for hydroxylation is 1. The fourth-order valence-electron chi connectivity index (χ4n) is 3.48. The van der Waals surface area contributed by atoms with Gasteiger partial charge in [-0.15, -0.1) is 0 Å². The fraction of sp³-hybridized carbons (Fsp3) is 0.429. The second kappa shape index (κ2) is 8.70. The molecule has 0 aliphatic heterocycles. The standard InChI is InChI=1S/C21H26N2O3/c1-15-5-2-3-6-18(15)13-22-20(24)16-8-10-17(11-9-16)21(25)23-14-19-7-4-12-26-19/h2-7,12,16-17H,8-11,13-14H2,1H3,(H,22,24)(H,23,25). The van der Waals surface area contributed by atoms with Gasteiger partial charge in [-0.05, 0) is 55.9 Å². The van der Waals surface area contributed by atoms with E-state index in [1.807, 2.05) is 43.3 Å². The van der Waals surface area contributed by atoms with Crippen molar-refractivity contribution in [2.45, 2.75) is 45.7 Å². The summed E-state index contributed by atoms with van der Waals surface area (Å²) in [6.45, 7) is 3.03. The van der Waals surface area contributed by atoms with Crippen LogP contribution in [0.15, 0.2) is 47.1 Å². The van der Waals surface area contributed by atoms with Gasteiger partial charge in [0.05, 0.1) is 12.8 Å². The number of hydrogen-bond acceptors (Lipinski definition) is 3. The maximum Gasteiger partial charge on any atom is 0.223 e. The van der Waals surface area contributed by atoms with Gasteiger partial charge in [0, 0.05) is 18.4 Å². The molecule has 1 fully saturated rings. The lowest BCUT2D eigenvalue weighted by Crippen LogP contribution is -2.37. The van der Waals surface area contributed by atoms with Crippen LogP contribution in [0.2, 0.25) is 0 Å². The van der Waals surface area contributed by atoms with Crippen LogP contribution >= 0.6 is 0 Å². The van der Waals surface area contributed by atoms with Crippen LogP contribution in [-0.2, 0) is 22.7 Å². The molecule has 1 aromatic heterocycles. The van der Waals surface area contributed by atoms with E-state index in [0.717, 1.165) is 37.0 Å². The number of nitrogens with one attached hydrogen (secondary N) is 2. The van der Waals surface area contributed by atoms with Gasteiger partial charge >= 0.3 is 0 Å². The van der Waals surface area contributed by atoms with E-state index in [9.17, 15) is 9.59 Å². The van der Waals surface area contributed by atoms with Crippen molar-refractivity contribution in [3.63, 3.8) is 0 Å². The Kier molecular flexibility index (Phi) is 6.10. The Morgan fingerprint density at radius 1 is 0.923 bits per heavy atom. The third kappa shape index (κ3) is 4.75. The molecule has 1 aliphatic rings. The van der Waals surface area contributed by atoms with E-state index in [1.165, 1.54) is 5.56 Å². The largest absolute Gasteiger partial charge is 0.467 e. The Labute approximate surface area is 154 Å². The van der Waals surface area contributed by atoms with E-state index in [0.29, 0.717) is 13.1 Å². The summed E-state index contributed by atoms with van der Waals surface area (Å²) in [5.74, 6) is 0.906. The molecule has 5 nitrogen and oxygen atoms in total. The van der Waals surface area contributed by atoms with Crippen molar-refractivity contribution >= 4 is 11.8 Å². The topological polar surface area (TPSA) is 71.3 Å². The van der Waals surface area contributed by atoms with Gasteiger partial charge in [0.15, 0.2) is 0 Å². The van der Waals surface area contributed by atoms with Crippen LogP contribution in [0.3, 0.4) is 0 Å². The van der Waals surface area contributed by atoms with Crippen molar-refractivity contribution in [3.8, 4) is 0 Å². The lowest BCUT2D eigenvalue weighted by atomic mass is 9.81. The van der Waals surface area contributed by atoms with Gasteiger partial charge in [0.25, 0.3) is 0 Å². The lowest BCUT2D eigenvalue weighted by Gasteiger charge is -2.27. The maximum atomic E-state index is 12.4. The molecule has 3 rings (SSSR count). The highest BCUT2D eigenvalue weighted by atomic mass is 16.3. The van der Waals surface area contributed by atoms with Crippen LogP contribution in [0, 0.1) is 18.8 Å². The number of benzene rings is 1. The van der Waals surface area contributed by atoms with E-state index >= 15 is 0 Å². The molecule has 5 heteroatoms. The summed E-state index contributed by atoms with van der Waals surface area (Å²) < 4.78 is 5.22. The molecule has 2 amide bonds. The van der Waals surface area contributed by atoms with E-state index in [2.05, 4.69) is 10.6 Å². The summed E-state index contributed by atoms with van der Waals surface area (Å²) in [5, 5.41) is 5.96. The first-order valence-corrected chi connectivity index (χ1v) is 9.26. The van der Waals surface area contributed by atoms with E-state index < -0.39 is 0 Å². The molecule has 1 saturated carbocycles. The smallest absolute Gasteiger partial charge is 0.223 e. The Balaban J connectivity index is 1.40. The molecule has 0 radical (unpaired) electrons. The average Bonchev–Trinajstić information content (AvgIpc) is 3.19. The van der Waals surface area contributed by atoms with Crippen molar-refractivity contribution < 1.29 is 14.0 Å². The third-order valence-electron chi connectivity index (χ3n) is 5.20. The van der Waals surface area contributed by atoms with Crippen LogP contribution in [0.5, 0.6) is 0 Å². The molecular weight excluding hydrogens is 328 g/mol. The summed E-state index contributed by atoms with van der Waals surface area (Å²) in [6.07, 6.45) is 4.64. The minimum absolute atomic E-state index is 0.00754. The van der Waals surface area contributed by atoms with E-state index in [1.54, 1.807) is 6.26 Å². The van der Waals surface area contributed by atoms with Gasteiger partial charge in [-0.3, -0.25) is 9.59 Å². The second-order valence-corrected chi connectivity index (χ2v) is 6.99. The molecule has 0 bridgehead atoms. The Bertz CT molecular complexity index is 731. The normalized spacial score (nSPS) is 19.7. The van der Waals surface area contributed by atoms with E-state index in [-0.39, 0.29) is 23.7 Å². The van der Waals surface area contributed by atoms with Gasteiger partial charge in [-0.2, -0.15) is 0 Å². The first-order valence-electron chi connectivity index (χ1n) is 9.26. The summed E-state index contributed by atoms with van der Waals surface area (Å²) in [4.78, 5) is 24.7. The quantitative estimate of drug-likeness (QED) is 0.836. The molecular formula is C21H26N2O3. The molecule has 1 aliphatic carbocycles. The predicted molar refractivity (Wildman–Crippen MR) is 99.0 cm³/mol. The SMILES string of the molecule is Cc1ccccc1CNC(=O)C1CCC(C(=O)NCc2ccco2)CC1. The number of rotatable bonds is 6. The van der Waals surface area contributed by atoms with Gasteiger partial charge in [-0.25, -0.2) is 0 Å². The molecule has 0 unspecified atom stereocenters. The lowest BCUT2D eigenvalue weighted by molar-refractivity contribution is -0.130. The van der Waals surface area contributed by atoms with Crippen molar-refractivity contribution in [1.82, 2.24) is 10.6 Å². The summed E-state index contributed by atoms with van der Waals surface area (Å²) in [7, 11) is 0. The van der Waals surface area contributed by atoms with Gasteiger partial charge < -0.3 is 15.1 Å². The van der Waals surface area contributed by atoms with Crippen LogP contribution in [0.25, 0.3) is 0 Å². The number of carbonyl (C=O) groups excluding carboxylic acids is 2. The van der Waals surface area contributed by atoms with Crippen molar-refractivity contribution in [2.24, 2.45) is 11.8 Å². The molecule has 138 valence electrons. The van der Waals surface area contributed by atoms with Crippen molar-refractivity contribution in [2.75, 3.05) is 0 Å². The summed E-state index contributed by atoms with van der Waals surface area (Å²) in [6, 6.07) is 11.7. The number of furan rings is 1. The van der Waals surface area contributed by atoms with Crippen molar-refractivity contribution in [3.05, 3.63) is 59.5 Å². The Morgan fingerprint density at radius 3 is 2.12 bits per heavy atom. The van der Waals surface area contributed by atoms with Crippen molar-refractivity contribution in [1.29, 1.82) is 0 Å². The third-order valence-corrected chi connectivity index (χ3v) is 5.20. The first kappa shape index (κ1) is 18.2. The summed E-state index contributed by atoms with van der Waals surface area (Å²) in [5.41, 5.74) is 2.33. The second-order valence-electron chi connectivity index (χ2n) is 6.99. The zero-order chi connectivity index (χ0) is 18.4. The number of amides is 2. The van der Waals surface area contributed by atoms with Gasteiger partial charge in [0.1, 0.15) is 5.76 Å². The van der Waals surface area contributed by atoms with Gasteiger partial charge in [-0.1, -0.05) is 24.3 Å². The zero-order valence-electron chi connectivity index (χ0n) is 15.2. The Morgan fingerprint density at radius 2 is 1.54 bits per heavy atom. The highest BCUT2D eigenvalue weighted by Crippen LogP contribution is 2.29. The van der Waals surface area contributed by atoms with Crippen LogP contribution in [0.1, 0.15) is 42.6 Å². The predicted octanol–water partition coefficient (Wildman–Crippen LogP) is 3.33. The maximum absolute atomic E-state index is 12.4. The fourth-order valence-corrected chi connectivity index (χ4v) is 3.48. The minimum atomic E-state index is -0.00891. The molecule has 26 heavy (non-hydrogen) atoms. The van der Waals surface area contributed by atoms with E-state index in [4.69, 9.17) is 4.42 Å². The molecule has 0 saturated heterocycles. The average molecular weight is 354 g/mol.